The van der Waals surface area contributed by atoms with Crippen LogP contribution in [-0.4, -0.2) is 14.2 Å². The lowest BCUT2D eigenvalue weighted by Gasteiger charge is -2.13. The van der Waals surface area contributed by atoms with Crippen LogP contribution in [0.5, 0.6) is 0 Å². The Hall–Kier alpha value is -0.740. The first-order valence-corrected chi connectivity index (χ1v) is 7.80. The van der Waals surface area contributed by atoms with Crippen LogP contribution in [0.3, 0.4) is 0 Å². The van der Waals surface area contributed by atoms with Crippen molar-refractivity contribution in [3.63, 3.8) is 0 Å². The Morgan fingerprint density at radius 1 is 1.41 bits per heavy atom. The average molecular weight is 274 g/mol. The van der Waals surface area contributed by atoms with Gasteiger partial charge >= 0.3 is 0 Å². The Bertz CT molecular complexity index is 495. The molecular weight excluding hydrogens is 258 g/mol. The fourth-order valence-electron chi connectivity index (χ4n) is 1.74. The van der Waals surface area contributed by atoms with Gasteiger partial charge in [-0.3, -0.25) is 4.72 Å². The monoisotopic (exact) mass is 273 g/mol. The number of alkyl halides is 1. The van der Waals surface area contributed by atoms with E-state index in [0.717, 1.165) is 18.4 Å². The zero-order valence-corrected chi connectivity index (χ0v) is 11.3. The van der Waals surface area contributed by atoms with Gasteiger partial charge in [0, 0.05) is 0 Å². The fraction of sp³-hybridized carbons (Fsp3) is 0.500. The Balaban J connectivity index is 2.17. The molecule has 1 aliphatic rings. The lowest BCUT2D eigenvalue weighted by atomic mass is 10.1. The second-order valence-electron chi connectivity index (χ2n) is 4.53. The minimum absolute atomic E-state index is 0.213. The van der Waals surface area contributed by atoms with Crippen molar-refractivity contribution in [1.82, 2.24) is 0 Å². The number of hydrogen-bond acceptors (Lipinski definition) is 2. The van der Waals surface area contributed by atoms with E-state index in [2.05, 4.69) is 4.72 Å². The SMILES string of the molecule is CC(Cl)c1ccccc1NS(=O)(=O)CC1CC1. The summed E-state index contributed by atoms with van der Waals surface area (Å²) in [6.45, 7) is 1.83. The van der Waals surface area contributed by atoms with Crippen LogP contribution >= 0.6 is 11.6 Å². The highest BCUT2D eigenvalue weighted by Crippen LogP contribution is 2.32. The molecule has 0 spiro atoms. The summed E-state index contributed by atoms with van der Waals surface area (Å²) in [5, 5.41) is -0.213. The zero-order valence-electron chi connectivity index (χ0n) is 9.69. The number of anilines is 1. The highest BCUT2D eigenvalue weighted by molar-refractivity contribution is 7.92. The van der Waals surface area contributed by atoms with Crippen molar-refractivity contribution in [3.8, 4) is 0 Å². The Morgan fingerprint density at radius 2 is 2.06 bits per heavy atom. The van der Waals surface area contributed by atoms with E-state index < -0.39 is 10.0 Å². The molecular formula is C12H16ClNO2S. The van der Waals surface area contributed by atoms with E-state index in [4.69, 9.17) is 11.6 Å². The second-order valence-corrected chi connectivity index (χ2v) is 6.95. The predicted molar refractivity (Wildman–Crippen MR) is 70.8 cm³/mol. The first-order valence-electron chi connectivity index (χ1n) is 5.71. The summed E-state index contributed by atoms with van der Waals surface area (Å²) in [5.74, 6) is 0.561. The van der Waals surface area contributed by atoms with Gasteiger partial charge in [-0.05, 0) is 37.3 Å². The number of benzene rings is 1. The van der Waals surface area contributed by atoms with Crippen LogP contribution < -0.4 is 4.72 Å². The maximum absolute atomic E-state index is 11.9. The minimum atomic E-state index is -3.24. The van der Waals surface area contributed by atoms with Crippen LogP contribution in [0.2, 0.25) is 0 Å². The van der Waals surface area contributed by atoms with Crippen molar-refractivity contribution < 1.29 is 8.42 Å². The third kappa shape index (κ3) is 3.61. The van der Waals surface area contributed by atoms with Gasteiger partial charge in [0.25, 0.3) is 0 Å². The largest absolute Gasteiger partial charge is 0.283 e. The standard InChI is InChI=1S/C12H16ClNO2S/c1-9(13)11-4-2-3-5-12(11)14-17(15,16)8-10-6-7-10/h2-5,9-10,14H,6-8H2,1H3. The van der Waals surface area contributed by atoms with Gasteiger partial charge in [0.15, 0.2) is 0 Å². The van der Waals surface area contributed by atoms with Crippen LogP contribution in [0.4, 0.5) is 5.69 Å². The fourth-order valence-corrected chi connectivity index (χ4v) is 3.49. The molecule has 5 heteroatoms. The van der Waals surface area contributed by atoms with Gasteiger partial charge in [0.1, 0.15) is 0 Å². The summed E-state index contributed by atoms with van der Waals surface area (Å²) in [7, 11) is -3.24. The van der Waals surface area contributed by atoms with E-state index in [1.54, 1.807) is 12.1 Å². The van der Waals surface area contributed by atoms with E-state index in [1.807, 2.05) is 19.1 Å². The number of rotatable bonds is 5. The van der Waals surface area contributed by atoms with Crippen molar-refractivity contribution in [2.24, 2.45) is 5.92 Å². The normalized spacial score (nSPS) is 17.8. The lowest BCUT2D eigenvalue weighted by Crippen LogP contribution is -2.18. The average Bonchev–Trinajstić information content (AvgIpc) is 3.00. The molecule has 1 saturated carbocycles. The number of para-hydroxylation sites is 1. The Kier molecular flexibility index (Phi) is 3.64. The van der Waals surface area contributed by atoms with E-state index in [9.17, 15) is 8.42 Å². The molecule has 1 aromatic carbocycles. The molecule has 1 unspecified atom stereocenters. The Labute approximate surface area is 107 Å². The van der Waals surface area contributed by atoms with Crippen molar-refractivity contribution in [1.29, 1.82) is 0 Å². The van der Waals surface area contributed by atoms with Crippen LogP contribution in [0.1, 0.15) is 30.7 Å². The smallest absolute Gasteiger partial charge is 0.233 e. The summed E-state index contributed by atoms with van der Waals surface area (Å²) in [5.41, 5.74) is 1.41. The molecule has 0 amide bonds. The van der Waals surface area contributed by atoms with Crippen molar-refractivity contribution in [2.45, 2.75) is 25.1 Å². The molecule has 0 aromatic heterocycles. The molecule has 0 aliphatic heterocycles. The number of hydrogen-bond donors (Lipinski definition) is 1. The van der Waals surface area contributed by atoms with Gasteiger partial charge in [0.2, 0.25) is 10.0 Å². The van der Waals surface area contributed by atoms with Crippen molar-refractivity contribution in [2.75, 3.05) is 10.5 Å². The van der Waals surface area contributed by atoms with Gasteiger partial charge in [0.05, 0.1) is 16.8 Å². The van der Waals surface area contributed by atoms with Crippen LogP contribution in [0.15, 0.2) is 24.3 Å². The van der Waals surface area contributed by atoms with Gasteiger partial charge in [-0.25, -0.2) is 8.42 Å². The molecule has 1 N–H and O–H groups in total. The minimum Gasteiger partial charge on any atom is -0.283 e. The number of halogens is 1. The molecule has 0 saturated heterocycles. The number of sulfonamides is 1. The first-order chi connectivity index (χ1) is 7.98. The van der Waals surface area contributed by atoms with Crippen molar-refractivity contribution >= 4 is 27.3 Å². The highest BCUT2D eigenvalue weighted by Gasteiger charge is 2.28. The summed E-state index contributed by atoms with van der Waals surface area (Å²) < 4.78 is 26.4. The molecule has 0 radical (unpaired) electrons. The Morgan fingerprint density at radius 3 is 2.65 bits per heavy atom. The van der Waals surface area contributed by atoms with Gasteiger partial charge < -0.3 is 0 Å². The molecule has 1 aliphatic carbocycles. The van der Waals surface area contributed by atoms with Crippen LogP contribution in [0.25, 0.3) is 0 Å². The third-order valence-electron chi connectivity index (χ3n) is 2.81. The molecule has 1 fully saturated rings. The van der Waals surface area contributed by atoms with Gasteiger partial charge in [-0.2, -0.15) is 0 Å². The lowest BCUT2D eigenvalue weighted by molar-refractivity contribution is 0.597. The van der Waals surface area contributed by atoms with Crippen LogP contribution in [0, 0.1) is 5.92 Å². The van der Waals surface area contributed by atoms with E-state index >= 15 is 0 Å². The third-order valence-corrected chi connectivity index (χ3v) is 4.48. The molecule has 2 rings (SSSR count). The van der Waals surface area contributed by atoms with Crippen molar-refractivity contribution in [3.05, 3.63) is 29.8 Å². The molecule has 0 bridgehead atoms. The maximum atomic E-state index is 11.9. The van der Waals surface area contributed by atoms with E-state index in [-0.39, 0.29) is 11.1 Å². The van der Waals surface area contributed by atoms with E-state index in [0.29, 0.717) is 11.6 Å². The summed E-state index contributed by atoms with van der Waals surface area (Å²) in [4.78, 5) is 0. The molecule has 0 heterocycles. The summed E-state index contributed by atoms with van der Waals surface area (Å²) in [6.07, 6.45) is 2.04. The number of nitrogens with one attached hydrogen (secondary N) is 1. The topological polar surface area (TPSA) is 46.2 Å². The summed E-state index contributed by atoms with van der Waals surface area (Å²) in [6, 6.07) is 7.25. The molecule has 94 valence electrons. The van der Waals surface area contributed by atoms with E-state index in [1.165, 1.54) is 0 Å². The molecule has 3 nitrogen and oxygen atoms in total. The molecule has 1 atom stereocenters. The maximum Gasteiger partial charge on any atom is 0.233 e. The summed E-state index contributed by atoms with van der Waals surface area (Å²) >= 11 is 6.02. The van der Waals surface area contributed by atoms with Gasteiger partial charge in [-0.15, -0.1) is 11.6 Å². The second kappa shape index (κ2) is 4.86. The van der Waals surface area contributed by atoms with Crippen LogP contribution in [-0.2, 0) is 10.0 Å². The molecule has 1 aromatic rings. The quantitative estimate of drug-likeness (QED) is 0.838. The van der Waals surface area contributed by atoms with Gasteiger partial charge in [-0.1, -0.05) is 18.2 Å². The molecule has 17 heavy (non-hydrogen) atoms. The predicted octanol–water partition coefficient (Wildman–Crippen LogP) is 3.14. The zero-order chi connectivity index (χ0) is 12.5. The highest BCUT2D eigenvalue weighted by atomic mass is 35.5. The first kappa shape index (κ1) is 12.7.